The Morgan fingerprint density at radius 2 is 1.90 bits per heavy atom. The van der Waals surface area contributed by atoms with E-state index in [2.05, 4.69) is 0 Å². The minimum Gasteiger partial charge on any atom is -0.290 e. The summed E-state index contributed by atoms with van der Waals surface area (Å²) in [5.41, 5.74) is 3.43. The van der Waals surface area contributed by atoms with Gasteiger partial charge in [0.05, 0.1) is 10.6 Å². The largest absolute Gasteiger partial charge is 0.290 e. The molecule has 0 bridgehead atoms. The van der Waals surface area contributed by atoms with Crippen LogP contribution >= 0.6 is 24.0 Å². The number of halogens is 1. The van der Waals surface area contributed by atoms with Crippen LogP contribution in [0.25, 0.3) is 23.0 Å². The third-order valence-corrected chi connectivity index (χ3v) is 6.17. The van der Waals surface area contributed by atoms with E-state index in [1.165, 1.54) is 17.8 Å². The molecule has 2 aromatic carbocycles. The third kappa shape index (κ3) is 3.82. The fourth-order valence-electron chi connectivity index (χ4n) is 3.24. The Bertz CT molecular complexity index is 1170. The van der Waals surface area contributed by atoms with E-state index in [1.807, 2.05) is 56.4 Å². The molecule has 0 aliphatic carbocycles. The molecule has 0 N–H and O–H groups in total. The SMILES string of the molecule is Cc1ccc(-c2nn(-c3ccccc3)cc2/C=C2\SC(=S)N(C(C)C)C2=O)cc1F. The van der Waals surface area contributed by atoms with Crippen LogP contribution in [0.2, 0.25) is 0 Å². The highest BCUT2D eigenvalue weighted by Gasteiger charge is 2.34. The fourth-order valence-corrected chi connectivity index (χ4v) is 4.75. The van der Waals surface area contributed by atoms with Crippen LogP contribution in [0.1, 0.15) is 25.0 Å². The molecule has 1 amide bonds. The number of benzene rings is 2. The zero-order valence-corrected chi connectivity index (χ0v) is 18.4. The minimum absolute atomic E-state index is 0.0129. The standard InChI is InChI=1S/C23H20FN3OS2/c1-14(2)27-22(28)20(30-23(27)29)12-17-13-26(18-7-5-4-6-8-18)25-21(17)16-10-9-15(3)19(24)11-16/h4-14H,1-3H3/b20-12-. The topological polar surface area (TPSA) is 38.1 Å². The molecule has 2 heterocycles. The van der Waals surface area contributed by atoms with Crippen molar-refractivity contribution in [3.63, 3.8) is 0 Å². The minimum atomic E-state index is -0.293. The molecular formula is C23H20FN3OS2. The molecule has 4 nitrogen and oxygen atoms in total. The second kappa shape index (κ2) is 8.16. The lowest BCUT2D eigenvalue weighted by Crippen LogP contribution is -2.34. The maximum Gasteiger partial charge on any atom is 0.266 e. The molecule has 0 atom stereocenters. The van der Waals surface area contributed by atoms with Gasteiger partial charge in [-0.3, -0.25) is 9.69 Å². The summed E-state index contributed by atoms with van der Waals surface area (Å²) in [6.45, 7) is 5.59. The van der Waals surface area contributed by atoms with Gasteiger partial charge in [0, 0.05) is 23.4 Å². The number of aryl methyl sites for hydroxylation is 1. The van der Waals surface area contributed by atoms with Crippen LogP contribution in [0, 0.1) is 12.7 Å². The van der Waals surface area contributed by atoms with E-state index in [-0.39, 0.29) is 17.8 Å². The van der Waals surface area contributed by atoms with Crippen molar-refractivity contribution in [2.24, 2.45) is 0 Å². The maximum atomic E-state index is 14.3. The first-order valence-corrected chi connectivity index (χ1v) is 10.8. The van der Waals surface area contributed by atoms with E-state index in [4.69, 9.17) is 17.3 Å². The van der Waals surface area contributed by atoms with Gasteiger partial charge in [-0.05, 0) is 50.6 Å². The van der Waals surface area contributed by atoms with Crippen molar-refractivity contribution in [2.45, 2.75) is 26.8 Å². The molecule has 0 radical (unpaired) electrons. The van der Waals surface area contributed by atoms with Gasteiger partial charge in [-0.1, -0.05) is 54.3 Å². The molecule has 1 aliphatic heterocycles. The van der Waals surface area contributed by atoms with Crippen LogP contribution in [0.4, 0.5) is 4.39 Å². The molecule has 1 fully saturated rings. The molecule has 1 aliphatic rings. The quantitative estimate of drug-likeness (QED) is 0.394. The molecule has 30 heavy (non-hydrogen) atoms. The lowest BCUT2D eigenvalue weighted by Gasteiger charge is -2.18. The number of hydrogen-bond acceptors (Lipinski definition) is 4. The van der Waals surface area contributed by atoms with E-state index >= 15 is 0 Å². The zero-order valence-electron chi connectivity index (χ0n) is 16.8. The second-order valence-corrected chi connectivity index (χ2v) is 9.00. The van der Waals surface area contributed by atoms with Gasteiger partial charge in [0.15, 0.2) is 0 Å². The Balaban J connectivity index is 1.84. The summed E-state index contributed by atoms with van der Waals surface area (Å²) in [6, 6.07) is 14.7. The Kier molecular flexibility index (Phi) is 5.58. The summed E-state index contributed by atoms with van der Waals surface area (Å²) in [5, 5.41) is 4.70. The molecule has 0 unspecified atom stereocenters. The van der Waals surface area contributed by atoms with Crippen LogP contribution in [-0.2, 0) is 4.79 Å². The van der Waals surface area contributed by atoms with Crippen LogP contribution in [-0.4, -0.2) is 30.9 Å². The first kappa shape index (κ1) is 20.5. The first-order valence-electron chi connectivity index (χ1n) is 9.54. The van der Waals surface area contributed by atoms with E-state index in [1.54, 1.807) is 28.6 Å². The number of nitrogens with zero attached hydrogens (tertiary/aromatic N) is 3. The van der Waals surface area contributed by atoms with Crippen molar-refractivity contribution in [1.82, 2.24) is 14.7 Å². The summed E-state index contributed by atoms with van der Waals surface area (Å²) < 4.78 is 16.5. The van der Waals surface area contributed by atoms with Gasteiger partial charge in [0.1, 0.15) is 15.8 Å². The monoisotopic (exact) mass is 437 g/mol. The smallest absolute Gasteiger partial charge is 0.266 e. The number of carbonyl (C=O) groups is 1. The Morgan fingerprint density at radius 1 is 1.17 bits per heavy atom. The van der Waals surface area contributed by atoms with E-state index < -0.39 is 0 Å². The van der Waals surface area contributed by atoms with E-state index in [0.29, 0.717) is 26.0 Å². The van der Waals surface area contributed by atoms with Crippen molar-refractivity contribution >= 4 is 40.3 Å². The van der Waals surface area contributed by atoms with Gasteiger partial charge in [-0.15, -0.1) is 0 Å². The van der Waals surface area contributed by atoms with Gasteiger partial charge in [-0.25, -0.2) is 9.07 Å². The summed E-state index contributed by atoms with van der Waals surface area (Å²) in [4.78, 5) is 15.0. The van der Waals surface area contributed by atoms with Crippen molar-refractivity contribution in [3.05, 3.63) is 76.6 Å². The molecule has 3 aromatic rings. The van der Waals surface area contributed by atoms with Gasteiger partial charge in [0.2, 0.25) is 0 Å². The molecule has 7 heteroatoms. The van der Waals surface area contributed by atoms with Crippen molar-refractivity contribution in [1.29, 1.82) is 0 Å². The highest BCUT2D eigenvalue weighted by atomic mass is 32.2. The lowest BCUT2D eigenvalue weighted by molar-refractivity contribution is -0.123. The van der Waals surface area contributed by atoms with Gasteiger partial charge in [-0.2, -0.15) is 5.10 Å². The Hall–Kier alpha value is -2.77. The molecule has 1 saturated heterocycles. The number of carbonyl (C=O) groups excluding carboxylic acids is 1. The van der Waals surface area contributed by atoms with Crippen molar-refractivity contribution in [2.75, 3.05) is 0 Å². The molecule has 4 rings (SSSR count). The van der Waals surface area contributed by atoms with E-state index in [9.17, 15) is 9.18 Å². The summed E-state index contributed by atoms with van der Waals surface area (Å²) >= 11 is 6.66. The zero-order chi connectivity index (χ0) is 21.4. The Morgan fingerprint density at radius 3 is 2.53 bits per heavy atom. The van der Waals surface area contributed by atoms with Crippen molar-refractivity contribution in [3.8, 4) is 16.9 Å². The number of aromatic nitrogens is 2. The molecule has 152 valence electrons. The van der Waals surface area contributed by atoms with Gasteiger partial charge >= 0.3 is 0 Å². The number of hydrogen-bond donors (Lipinski definition) is 0. The maximum absolute atomic E-state index is 14.3. The highest BCUT2D eigenvalue weighted by molar-refractivity contribution is 8.26. The molecule has 1 aromatic heterocycles. The average Bonchev–Trinajstić information content (AvgIpc) is 3.25. The molecule has 0 saturated carbocycles. The van der Waals surface area contributed by atoms with Crippen LogP contribution in [0.3, 0.4) is 0 Å². The van der Waals surface area contributed by atoms with E-state index in [0.717, 1.165) is 11.3 Å². The second-order valence-electron chi connectivity index (χ2n) is 7.32. The van der Waals surface area contributed by atoms with Gasteiger partial charge in [0.25, 0.3) is 5.91 Å². The summed E-state index contributed by atoms with van der Waals surface area (Å²) in [5.74, 6) is -0.410. The van der Waals surface area contributed by atoms with Gasteiger partial charge < -0.3 is 0 Å². The Labute approximate surface area is 184 Å². The van der Waals surface area contributed by atoms with Crippen LogP contribution in [0.5, 0.6) is 0 Å². The number of rotatable bonds is 4. The highest BCUT2D eigenvalue weighted by Crippen LogP contribution is 2.36. The lowest BCUT2D eigenvalue weighted by atomic mass is 10.1. The number of thiocarbonyl (C=S) groups is 1. The fraction of sp³-hybridized carbons (Fsp3) is 0.174. The number of amides is 1. The summed E-state index contributed by atoms with van der Waals surface area (Å²) in [6.07, 6.45) is 3.64. The number of para-hydroxylation sites is 1. The van der Waals surface area contributed by atoms with Crippen LogP contribution < -0.4 is 0 Å². The third-order valence-electron chi connectivity index (χ3n) is 4.84. The average molecular weight is 438 g/mol. The molecular weight excluding hydrogens is 417 g/mol. The predicted octanol–water partition coefficient (Wildman–Crippen LogP) is 5.60. The van der Waals surface area contributed by atoms with Crippen LogP contribution in [0.15, 0.2) is 59.6 Å². The summed E-state index contributed by atoms with van der Waals surface area (Å²) in [7, 11) is 0. The number of thioether (sulfide) groups is 1. The van der Waals surface area contributed by atoms with Crippen molar-refractivity contribution < 1.29 is 9.18 Å². The molecule has 0 spiro atoms. The predicted molar refractivity (Wildman–Crippen MR) is 124 cm³/mol. The first-order chi connectivity index (χ1) is 14.3. The normalized spacial score (nSPS) is 15.6.